The molecule has 0 aliphatic heterocycles. The van der Waals surface area contributed by atoms with Crippen molar-refractivity contribution in [3.8, 4) is 11.1 Å². The number of rotatable bonds is 2. The van der Waals surface area contributed by atoms with Gasteiger partial charge in [0.15, 0.2) is 0 Å². The van der Waals surface area contributed by atoms with Crippen LogP contribution in [0.25, 0.3) is 11.1 Å². The third kappa shape index (κ3) is 1.59. The molecule has 0 heterocycles. The Morgan fingerprint density at radius 1 is 1.11 bits per heavy atom. The van der Waals surface area contributed by atoms with Crippen molar-refractivity contribution in [3.63, 3.8) is 0 Å². The molecular formula is C18H17Cl. The van der Waals surface area contributed by atoms with Gasteiger partial charge in [0.05, 0.1) is 0 Å². The molecule has 0 bridgehead atoms. The lowest BCUT2D eigenvalue weighted by molar-refractivity contribution is 0.705. The number of alkyl halides is 1. The summed E-state index contributed by atoms with van der Waals surface area (Å²) in [6.45, 7) is 2.35. The first kappa shape index (κ1) is 11.5. The van der Waals surface area contributed by atoms with E-state index in [2.05, 4.69) is 49.4 Å². The minimum absolute atomic E-state index is 0.325. The summed E-state index contributed by atoms with van der Waals surface area (Å²) in [7, 11) is 0. The summed E-state index contributed by atoms with van der Waals surface area (Å²) in [5.41, 5.74) is 7.59. The van der Waals surface area contributed by atoms with Gasteiger partial charge in [-0.1, -0.05) is 49.4 Å². The molecule has 2 aromatic rings. The standard InChI is InChI=1S/C18H17Cl/c1-18(10-15(18)11-19)14-6-7-17-13(9-14)8-12-4-2-3-5-16(12)17/h2-7,9,15H,8,10-11H2,1H3. The fourth-order valence-electron chi connectivity index (χ4n) is 3.53. The smallest absolute Gasteiger partial charge is 0.0260 e. The van der Waals surface area contributed by atoms with Crippen LogP contribution in [0.15, 0.2) is 42.5 Å². The van der Waals surface area contributed by atoms with Crippen LogP contribution in [0.2, 0.25) is 0 Å². The molecule has 2 aliphatic rings. The van der Waals surface area contributed by atoms with E-state index in [0.29, 0.717) is 11.3 Å². The maximum Gasteiger partial charge on any atom is 0.0260 e. The Morgan fingerprint density at radius 3 is 2.68 bits per heavy atom. The van der Waals surface area contributed by atoms with E-state index < -0.39 is 0 Å². The lowest BCUT2D eigenvalue weighted by Crippen LogP contribution is -2.05. The Balaban J connectivity index is 1.77. The molecule has 96 valence electrons. The lowest BCUT2D eigenvalue weighted by Gasteiger charge is -2.13. The zero-order chi connectivity index (χ0) is 13.0. The van der Waals surface area contributed by atoms with Crippen molar-refractivity contribution >= 4 is 11.6 Å². The van der Waals surface area contributed by atoms with Gasteiger partial charge in [-0.25, -0.2) is 0 Å². The summed E-state index contributed by atoms with van der Waals surface area (Å²) in [4.78, 5) is 0. The molecule has 0 saturated heterocycles. The van der Waals surface area contributed by atoms with Gasteiger partial charge < -0.3 is 0 Å². The Kier molecular flexibility index (Phi) is 2.35. The highest BCUT2D eigenvalue weighted by atomic mass is 35.5. The number of fused-ring (bicyclic) bond motifs is 3. The van der Waals surface area contributed by atoms with Crippen molar-refractivity contribution in [2.45, 2.75) is 25.2 Å². The lowest BCUT2D eigenvalue weighted by atomic mass is 9.92. The SMILES string of the molecule is CC1(c2ccc3c(c2)Cc2ccccc2-3)CC1CCl. The second kappa shape index (κ2) is 3.86. The van der Waals surface area contributed by atoms with Crippen LogP contribution < -0.4 is 0 Å². The summed E-state index contributed by atoms with van der Waals surface area (Å²) >= 11 is 6.02. The predicted molar refractivity (Wildman–Crippen MR) is 80.9 cm³/mol. The number of benzene rings is 2. The summed E-state index contributed by atoms with van der Waals surface area (Å²) < 4.78 is 0. The van der Waals surface area contributed by atoms with Gasteiger partial charge in [-0.15, -0.1) is 11.6 Å². The van der Waals surface area contributed by atoms with Gasteiger partial charge in [-0.2, -0.15) is 0 Å². The molecule has 1 fully saturated rings. The molecule has 0 amide bonds. The minimum Gasteiger partial charge on any atom is -0.126 e. The van der Waals surface area contributed by atoms with Crippen molar-refractivity contribution in [1.82, 2.24) is 0 Å². The van der Waals surface area contributed by atoms with Gasteiger partial charge in [-0.05, 0) is 52.0 Å². The topological polar surface area (TPSA) is 0 Å². The van der Waals surface area contributed by atoms with Gasteiger partial charge in [0.1, 0.15) is 0 Å². The van der Waals surface area contributed by atoms with Gasteiger partial charge in [0.25, 0.3) is 0 Å². The summed E-state index contributed by atoms with van der Waals surface area (Å²) in [6, 6.07) is 15.8. The van der Waals surface area contributed by atoms with Crippen LogP contribution in [0.5, 0.6) is 0 Å². The highest BCUT2D eigenvalue weighted by Crippen LogP contribution is 2.55. The minimum atomic E-state index is 0.325. The number of hydrogen-bond acceptors (Lipinski definition) is 0. The Morgan fingerprint density at radius 2 is 1.89 bits per heavy atom. The van der Waals surface area contributed by atoms with E-state index in [1.54, 1.807) is 0 Å². The first-order chi connectivity index (χ1) is 9.22. The van der Waals surface area contributed by atoms with E-state index in [0.717, 1.165) is 12.3 Å². The Hall–Kier alpha value is -1.27. The Labute approximate surface area is 119 Å². The zero-order valence-corrected chi connectivity index (χ0v) is 11.9. The van der Waals surface area contributed by atoms with Gasteiger partial charge in [0, 0.05) is 5.88 Å². The molecule has 2 atom stereocenters. The van der Waals surface area contributed by atoms with Crippen LogP contribution in [0.4, 0.5) is 0 Å². The molecule has 0 aromatic heterocycles. The molecule has 1 heteroatoms. The highest BCUT2D eigenvalue weighted by molar-refractivity contribution is 6.18. The van der Waals surface area contributed by atoms with E-state index in [-0.39, 0.29) is 0 Å². The van der Waals surface area contributed by atoms with Crippen molar-refractivity contribution in [2.75, 3.05) is 5.88 Å². The summed E-state index contributed by atoms with van der Waals surface area (Å²) in [5.74, 6) is 1.45. The van der Waals surface area contributed by atoms with Gasteiger partial charge in [-0.3, -0.25) is 0 Å². The molecule has 4 rings (SSSR count). The van der Waals surface area contributed by atoms with Crippen LogP contribution in [0, 0.1) is 5.92 Å². The Bertz CT molecular complexity index is 658. The second-order valence-corrected chi connectivity index (χ2v) is 6.49. The normalized spacial score (nSPS) is 26.9. The second-order valence-electron chi connectivity index (χ2n) is 6.18. The fraction of sp³-hybridized carbons (Fsp3) is 0.333. The summed E-state index contributed by atoms with van der Waals surface area (Å²) in [5, 5.41) is 0. The third-order valence-corrected chi connectivity index (χ3v) is 5.42. The van der Waals surface area contributed by atoms with Crippen molar-refractivity contribution in [2.24, 2.45) is 5.92 Å². The van der Waals surface area contributed by atoms with Crippen LogP contribution in [0.1, 0.15) is 30.0 Å². The summed E-state index contributed by atoms with van der Waals surface area (Å²) in [6.07, 6.45) is 2.32. The molecule has 0 N–H and O–H groups in total. The van der Waals surface area contributed by atoms with Crippen LogP contribution in [-0.2, 0) is 11.8 Å². The molecule has 1 saturated carbocycles. The zero-order valence-electron chi connectivity index (χ0n) is 11.1. The largest absolute Gasteiger partial charge is 0.126 e. The molecule has 2 aliphatic carbocycles. The highest BCUT2D eigenvalue weighted by Gasteiger charge is 2.50. The molecule has 0 nitrogen and oxygen atoms in total. The maximum absolute atomic E-state index is 6.02. The molecule has 2 unspecified atom stereocenters. The van der Waals surface area contributed by atoms with Crippen molar-refractivity contribution in [3.05, 3.63) is 59.2 Å². The van der Waals surface area contributed by atoms with Crippen molar-refractivity contribution in [1.29, 1.82) is 0 Å². The third-order valence-electron chi connectivity index (χ3n) is 5.05. The quantitative estimate of drug-likeness (QED) is 0.587. The van der Waals surface area contributed by atoms with Gasteiger partial charge in [0.2, 0.25) is 0 Å². The van der Waals surface area contributed by atoms with Crippen LogP contribution in [0.3, 0.4) is 0 Å². The molecule has 2 aromatic carbocycles. The fourth-order valence-corrected chi connectivity index (χ4v) is 3.98. The van der Waals surface area contributed by atoms with Crippen molar-refractivity contribution < 1.29 is 0 Å². The van der Waals surface area contributed by atoms with Crippen LogP contribution in [-0.4, -0.2) is 5.88 Å². The predicted octanol–water partition coefficient (Wildman–Crippen LogP) is 4.77. The average molecular weight is 269 g/mol. The average Bonchev–Trinajstić information content (AvgIpc) is 2.98. The first-order valence-corrected chi connectivity index (χ1v) is 7.53. The number of halogens is 1. The first-order valence-electron chi connectivity index (χ1n) is 7.00. The van der Waals surface area contributed by atoms with E-state index in [9.17, 15) is 0 Å². The number of hydrogen-bond donors (Lipinski definition) is 0. The molecule has 0 spiro atoms. The van der Waals surface area contributed by atoms with Gasteiger partial charge >= 0.3 is 0 Å². The van der Waals surface area contributed by atoms with Crippen LogP contribution >= 0.6 is 11.6 Å². The molecule has 0 radical (unpaired) electrons. The van der Waals surface area contributed by atoms with E-state index in [1.165, 1.54) is 34.2 Å². The maximum atomic E-state index is 6.02. The van der Waals surface area contributed by atoms with E-state index in [1.807, 2.05) is 0 Å². The molecular weight excluding hydrogens is 252 g/mol. The van der Waals surface area contributed by atoms with E-state index in [4.69, 9.17) is 11.6 Å². The van der Waals surface area contributed by atoms with E-state index >= 15 is 0 Å². The monoisotopic (exact) mass is 268 g/mol. The molecule has 19 heavy (non-hydrogen) atoms.